The molecule has 0 saturated heterocycles. The second-order valence-corrected chi connectivity index (χ2v) is 4.86. The smallest absolute Gasteiger partial charge is 0.252 e. The number of carbonyl (C=O) groups excluding carboxylic acids is 2. The Labute approximate surface area is 113 Å². The van der Waals surface area contributed by atoms with Crippen molar-refractivity contribution in [3.05, 3.63) is 35.4 Å². The number of ketones is 1. The van der Waals surface area contributed by atoms with Gasteiger partial charge in [0.1, 0.15) is 0 Å². The first-order valence-electron chi connectivity index (χ1n) is 5.90. The summed E-state index contributed by atoms with van der Waals surface area (Å²) in [4.78, 5) is 24.2. The standard InChI is InChI=1S/C14H17NO2S/c1-10(18)6-5-9-15-14(17)13-8-4-3-7-12(13)11(2)16/h3-4,7-8H,5-6,9H2,1-2H3,(H,15,17). The fourth-order valence-electron chi connectivity index (χ4n) is 1.62. The molecule has 0 unspecified atom stereocenters. The average molecular weight is 263 g/mol. The molecule has 0 atom stereocenters. The third kappa shape index (κ3) is 4.37. The zero-order valence-corrected chi connectivity index (χ0v) is 11.5. The number of amides is 1. The molecule has 1 aromatic rings. The van der Waals surface area contributed by atoms with Crippen molar-refractivity contribution in [2.24, 2.45) is 0 Å². The summed E-state index contributed by atoms with van der Waals surface area (Å²) in [6.45, 7) is 3.92. The van der Waals surface area contributed by atoms with E-state index in [1.165, 1.54) is 6.92 Å². The molecule has 0 spiro atoms. The van der Waals surface area contributed by atoms with Crippen LogP contribution in [0, 0.1) is 0 Å². The summed E-state index contributed by atoms with van der Waals surface area (Å²) < 4.78 is 0. The maximum atomic E-state index is 11.9. The molecule has 1 amide bonds. The van der Waals surface area contributed by atoms with Crippen molar-refractivity contribution in [2.75, 3.05) is 6.54 Å². The molecule has 0 aliphatic heterocycles. The number of Topliss-reactive ketones (excluding diaryl/α,β-unsaturated/α-hetero) is 1. The minimum Gasteiger partial charge on any atom is -0.352 e. The molecule has 0 fully saturated rings. The van der Waals surface area contributed by atoms with Crippen LogP contribution in [0.4, 0.5) is 0 Å². The highest BCUT2D eigenvalue weighted by Crippen LogP contribution is 2.09. The quantitative estimate of drug-likeness (QED) is 0.487. The van der Waals surface area contributed by atoms with Crippen molar-refractivity contribution in [1.29, 1.82) is 0 Å². The highest BCUT2D eigenvalue weighted by atomic mass is 32.1. The molecule has 1 aromatic carbocycles. The molecule has 0 aromatic heterocycles. The molecule has 1 N–H and O–H groups in total. The van der Waals surface area contributed by atoms with Gasteiger partial charge < -0.3 is 5.32 Å². The van der Waals surface area contributed by atoms with Gasteiger partial charge in [-0.3, -0.25) is 9.59 Å². The summed E-state index contributed by atoms with van der Waals surface area (Å²) in [5.74, 6) is -0.307. The molecule has 3 nitrogen and oxygen atoms in total. The van der Waals surface area contributed by atoms with Crippen LogP contribution in [0.3, 0.4) is 0 Å². The number of hydrogen-bond acceptors (Lipinski definition) is 3. The molecule has 0 aliphatic rings. The van der Waals surface area contributed by atoms with Gasteiger partial charge in [0.25, 0.3) is 5.91 Å². The minimum absolute atomic E-state index is 0.101. The van der Waals surface area contributed by atoms with E-state index in [-0.39, 0.29) is 11.7 Å². The summed E-state index contributed by atoms with van der Waals surface area (Å²) >= 11 is 4.97. The largest absolute Gasteiger partial charge is 0.352 e. The molecule has 0 saturated carbocycles. The van der Waals surface area contributed by atoms with Gasteiger partial charge in [-0.1, -0.05) is 30.4 Å². The van der Waals surface area contributed by atoms with Gasteiger partial charge in [0, 0.05) is 12.1 Å². The number of benzene rings is 1. The van der Waals surface area contributed by atoms with E-state index in [4.69, 9.17) is 12.2 Å². The van der Waals surface area contributed by atoms with Crippen molar-refractivity contribution in [3.8, 4) is 0 Å². The SMILES string of the molecule is CC(=O)c1ccccc1C(=O)NCCCC(C)=S. The molecular formula is C14H17NO2S. The lowest BCUT2D eigenvalue weighted by Gasteiger charge is -2.07. The summed E-state index contributed by atoms with van der Waals surface area (Å²) in [5.41, 5.74) is 0.894. The Hall–Kier alpha value is -1.55. The summed E-state index contributed by atoms with van der Waals surface area (Å²) in [5, 5.41) is 2.80. The van der Waals surface area contributed by atoms with Crippen LogP contribution in [0.2, 0.25) is 0 Å². The van der Waals surface area contributed by atoms with E-state index in [9.17, 15) is 9.59 Å². The van der Waals surface area contributed by atoms with Gasteiger partial charge in [0.15, 0.2) is 5.78 Å². The Bertz CT molecular complexity index is 469. The molecule has 1 rings (SSSR count). The Morgan fingerprint density at radius 3 is 2.33 bits per heavy atom. The number of carbonyl (C=O) groups is 2. The fourth-order valence-corrected chi connectivity index (χ4v) is 1.77. The van der Waals surface area contributed by atoms with Gasteiger partial charge in [-0.05, 0) is 37.6 Å². The van der Waals surface area contributed by atoms with Gasteiger partial charge in [0.05, 0.1) is 5.56 Å². The van der Waals surface area contributed by atoms with Crippen LogP contribution in [0.5, 0.6) is 0 Å². The second-order valence-electron chi connectivity index (χ2n) is 4.16. The molecule has 18 heavy (non-hydrogen) atoms. The number of hydrogen-bond donors (Lipinski definition) is 1. The Balaban J connectivity index is 2.61. The number of nitrogens with one attached hydrogen (secondary N) is 1. The third-order valence-electron chi connectivity index (χ3n) is 2.54. The lowest BCUT2D eigenvalue weighted by molar-refractivity contribution is 0.0938. The van der Waals surface area contributed by atoms with Crippen molar-refractivity contribution in [1.82, 2.24) is 5.32 Å². The minimum atomic E-state index is -0.206. The monoisotopic (exact) mass is 263 g/mol. The normalized spacial score (nSPS) is 9.89. The molecule has 0 aliphatic carbocycles. The van der Waals surface area contributed by atoms with E-state index in [1.54, 1.807) is 24.3 Å². The van der Waals surface area contributed by atoms with Crippen molar-refractivity contribution < 1.29 is 9.59 Å². The van der Waals surface area contributed by atoms with E-state index in [0.717, 1.165) is 17.7 Å². The maximum Gasteiger partial charge on any atom is 0.252 e. The van der Waals surface area contributed by atoms with Gasteiger partial charge in [0.2, 0.25) is 0 Å². The summed E-state index contributed by atoms with van der Waals surface area (Å²) in [7, 11) is 0. The van der Waals surface area contributed by atoms with Crippen molar-refractivity contribution >= 4 is 28.8 Å². The van der Waals surface area contributed by atoms with Crippen LogP contribution in [-0.2, 0) is 0 Å². The predicted octanol–water partition coefficient (Wildman–Crippen LogP) is 2.79. The van der Waals surface area contributed by atoms with Crippen LogP contribution >= 0.6 is 12.2 Å². The van der Waals surface area contributed by atoms with Crippen molar-refractivity contribution in [3.63, 3.8) is 0 Å². The lowest BCUT2D eigenvalue weighted by atomic mass is 10.0. The van der Waals surface area contributed by atoms with Gasteiger partial charge >= 0.3 is 0 Å². The molecule has 0 heterocycles. The summed E-state index contributed by atoms with van der Waals surface area (Å²) in [6.07, 6.45) is 1.65. The topological polar surface area (TPSA) is 46.2 Å². The first-order valence-corrected chi connectivity index (χ1v) is 6.31. The first kappa shape index (κ1) is 14.5. The molecular weight excluding hydrogens is 246 g/mol. The van der Waals surface area contributed by atoms with E-state index in [2.05, 4.69) is 5.32 Å². The molecule has 4 heteroatoms. The van der Waals surface area contributed by atoms with E-state index in [0.29, 0.717) is 17.7 Å². The van der Waals surface area contributed by atoms with Gasteiger partial charge in [-0.2, -0.15) is 0 Å². The molecule has 96 valence electrons. The van der Waals surface area contributed by atoms with Crippen LogP contribution in [0.25, 0.3) is 0 Å². The average Bonchev–Trinajstić information content (AvgIpc) is 2.34. The Morgan fingerprint density at radius 2 is 1.78 bits per heavy atom. The van der Waals surface area contributed by atoms with Crippen LogP contribution in [0.15, 0.2) is 24.3 Å². The lowest BCUT2D eigenvalue weighted by Crippen LogP contribution is -2.26. The molecule has 0 bridgehead atoms. The first-order chi connectivity index (χ1) is 8.52. The Morgan fingerprint density at radius 1 is 1.17 bits per heavy atom. The number of rotatable bonds is 6. The predicted molar refractivity (Wildman–Crippen MR) is 76.3 cm³/mol. The highest BCUT2D eigenvalue weighted by Gasteiger charge is 2.12. The van der Waals surface area contributed by atoms with Gasteiger partial charge in [-0.15, -0.1) is 0 Å². The highest BCUT2D eigenvalue weighted by molar-refractivity contribution is 7.80. The number of thiocarbonyl (C=S) groups is 1. The van der Waals surface area contributed by atoms with Crippen LogP contribution < -0.4 is 5.32 Å². The second kappa shape index (κ2) is 7.01. The van der Waals surface area contributed by atoms with E-state index >= 15 is 0 Å². The van der Waals surface area contributed by atoms with Crippen molar-refractivity contribution in [2.45, 2.75) is 26.7 Å². The van der Waals surface area contributed by atoms with E-state index < -0.39 is 0 Å². The molecule has 0 radical (unpaired) electrons. The third-order valence-corrected chi connectivity index (χ3v) is 2.75. The van der Waals surface area contributed by atoms with Crippen LogP contribution in [-0.4, -0.2) is 23.1 Å². The fraction of sp³-hybridized carbons (Fsp3) is 0.357. The zero-order valence-electron chi connectivity index (χ0n) is 10.7. The maximum absolute atomic E-state index is 11.9. The zero-order chi connectivity index (χ0) is 13.5. The summed E-state index contributed by atoms with van der Waals surface area (Å²) in [6, 6.07) is 6.83. The van der Waals surface area contributed by atoms with Crippen LogP contribution in [0.1, 0.15) is 47.4 Å². The van der Waals surface area contributed by atoms with Gasteiger partial charge in [-0.25, -0.2) is 0 Å². The van der Waals surface area contributed by atoms with E-state index in [1.807, 2.05) is 6.92 Å². The Kier molecular flexibility index (Phi) is 5.65.